The summed E-state index contributed by atoms with van der Waals surface area (Å²) in [6.07, 6.45) is 3.91. The lowest BCUT2D eigenvalue weighted by Gasteiger charge is -2.08. The fourth-order valence-corrected chi connectivity index (χ4v) is 2.33. The molecule has 1 N–H and O–H groups in total. The molecule has 0 aliphatic heterocycles. The first-order valence-electron chi connectivity index (χ1n) is 6.21. The molecule has 0 aromatic carbocycles. The molecule has 1 rings (SSSR count). The van der Waals surface area contributed by atoms with E-state index in [0.717, 1.165) is 49.1 Å². The average Bonchev–Trinajstić information content (AvgIpc) is 2.33. The van der Waals surface area contributed by atoms with Crippen LogP contribution in [0.5, 0.6) is 0 Å². The molecule has 1 aromatic rings. The molecule has 0 aliphatic carbocycles. The normalized spacial score (nSPS) is 10.8. The highest BCUT2D eigenvalue weighted by Crippen LogP contribution is 2.08. The minimum Gasteiger partial charge on any atom is -0.383 e. The first kappa shape index (κ1) is 15.4. The third kappa shape index (κ3) is 5.33. The van der Waals surface area contributed by atoms with Gasteiger partial charge >= 0.3 is 0 Å². The van der Waals surface area contributed by atoms with Crippen LogP contribution in [0.2, 0.25) is 0 Å². The van der Waals surface area contributed by atoms with Crippen LogP contribution in [0.25, 0.3) is 0 Å². The minimum absolute atomic E-state index is 0.102. The van der Waals surface area contributed by atoms with Crippen LogP contribution in [0, 0.1) is 6.92 Å². The van der Waals surface area contributed by atoms with E-state index in [4.69, 9.17) is 4.74 Å². The van der Waals surface area contributed by atoms with Gasteiger partial charge in [0.2, 0.25) is 0 Å². The van der Waals surface area contributed by atoms with Crippen LogP contribution in [-0.4, -0.2) is 31.4 Å². The Labute approximate surface area is 116 Å². The van der Waals surface area contributed by atoms with Crippen LogP contribution in [0.3, 0.4) is 0 Å². The summed E-state index contributed by atoms with van der Waals surface area (Å²) < 4.78 is 7.68. The van der Waals surface area contributed by atoms with Crippen LogP contribution >= 0.6 is 15.9 Å². The molecule has 0 saturated carbocycles. The van der Waals surface area contributed by atoms with Gasteiger partial charge in [-0.25, -0.2) is 0 Å². The van der Waals surface area contributed by atoms with Crippen molar-refractivity contribution in [1.82, 2.24) is 9.88 Å². The van der Waals surface area contributed by atoms with Crippen LogP contribution in [0.15, 0.2) is 21.5 Å². The quantitative estimate of drug-likeness (QED) is 0.745. The number of ether oxygens (including phenoxy) is 1. The zero-order chi connectivity index (χ0) is 13.4. The fourth-order valence-electron chi connectivity index (χ4n) is 1.74. The second kappa shape index (κ2) is 8.45. The van der Waals surface area contributed by atoms with Gasteiger partial charge < -0.3 is 14.6 Å². The standard InChI is InChI=1S/C13H21BrN2O2/c1-11-9-12(14)10-16(13(11)17)7-4-3-5-15-6-8-18-2/h9-10,15H,3-8H2,1-2H3. The summed E-state index contributed by atoms with van der Waals surface area (Å²) in [6.45, 7) is 5.20. The van der Waals surface area contributed by atoms with Crippen LogP contribution in [-0.2, 0) is 11.3 Å². The number of rotatable bonds is 8. The Morgan fingerprint density at radius 1 is 1.39 bits per heavy atom. The molecule has 0 amide bonds. The number of aromatic nitrogens is 1. The molecule has 102 valence electrons. The molecule has 4 nitrogen and oxygen atoms in total. The molecule has 0 spiro atoms. The van der Waals surface area contributed by atoms with E-state index in [2.05, 4.69) is 21.2 Å². The Balaban J connectivity index is 2.29. The number of aryl methyl sites for hydroxylation is 2. The second-order valence-corrected chi connectivity index (χ2v) is 5.21. The smallest absolute Gasteiger partial charge is 0.253 e. The molecule has 18 heavy (non-hydrogen) atoms. The summed E-state index contributed by atoms with van der Waals surface area (Å²) in [7, 11) is 1.70. The fraction of sp³-hybridized carbons (Fsp3) is 0.615. The maximum absolute atomic E-state index is 11.8. The molecule has 0 saturated heterocycles. The largest absolute Gasteiger partial charge is 0.383 e. The van der Waals surface area contributed by atoms with Gasteiger partial charge in [0, 0.05) is 36.4 Å². The van der Waals surface area contributed by atoms with Crippen LogP contribution in [0.1, 0.15) is 18.4 Å². The van der Waals surface area contributed by atoms with Crippen LogP contribution < -0.4 is 10.9 Å². The molecular formula is C13H21BrN2O2. The van der Waals surface area contributed by atoms with Crippen molar-refractivity contribution in [2.75, 3.05) is 26.8 Å². The first-order chi connectivity index (χ1) is 8.65. The third-order valence-electron chi connectivity index (χ3n) is 2.72. The third-order valence-corrected chi connectivity index (χ3v) is 3.15. The zero-order valence-electron chi connectivity index (χ0n) is 11.0. The summed E-state index contributed by atoms with van der Waals surface area (Å²) in [5, 5.41) is 3.29. The molecule has 0 unspecified atom stereocenters. The molecule has 0 atom stereocenters. The predicted molar refractivity (Wildman–Crippen MR) is 77.1 cm³/mol. The highest BCUT2D eigenvalue weighted by molar-refractivity contribution is 9.10. The number of hydrogen-bond donors (Lipinski definition) is 1. The Hall–Kier alpha value is -0.650. The minimum atomic E-state index is 0.102. The predicted octanol–water partition coefficient (Wildman–Crippen LogP) is 1.94. The second-order valence-electron chi connectivity index (χ2n) is 4.29. The van der Waals surface area contributed by atoms with E-state index in [1.807, 2.05) is 19.2 Å². The summed E-state index contributed by atoms with van der Waals surface area (Å²) in [4.78, 5) is 11.8. The summed E-state index contributed by atoms with van der Waals surface area (Å²) in [6, 6.07) is 1.85. The van der Waals surface area contributed by atoms with Crippen molar-refractivity contribution in [2.24, 2.45) is 0 Å². The van der Waals surface area contributed by atoms with Gasteiger partial charge in [-0.2, -0.15) is 0 Å². The van der Waals surface area contributed by atoms with Gasteiger partial charge in [-0.1, -0.05) is 0 Å². The molecule has 0 bridgehead atoms. The number of pyridine rings is 1. The molecule has 0 radical (unpaired) electrons. The number of unbranched alkanes of at least 4 members (excludes halogenated alkanes) is 1. The van der Waals surface area contributed by atoms with E-state index in [-0.39, 0.29) is 5.56 Å². The molecule has 1 aromatic heterocycles. The van der Waals surface area contributed by atoms with Crippen molar-refractivity contribution < 1.29 is 4.74 Å². The Bertz CT molecular complexity index is 418. The molecule has 1 heterocycles. The summed E-state index contributed by atoms with van der Waals surface area (Å²) >= 11 is 3.41. The number of halogens is 1. The zero-order valence-corrected chi connectivity index (χ0v) is 12.6. The van der Waals surface area contributed by atoms with Gasteiger partial charge in [-0.15, -0.1) is 0 Å². The number of hydrogen-bond acceptors (Lipinski definition) is 3. The Kier molecular flexibility index (Phi) is 7.23. The summed E-state index contributed by atoms with van der Waals surface area (Å²) in [5.41, 5.74) is 0.883. The van der Waals surface area contributed by atoms with Gasteiger partial charge in [0.15, 0.2) is 0 Å². The number of methoxy groups -OCH3 is 1. The van der Waals surface area contributed by atoms with Crippen molar-refractivity contribution in [2.45, 2.75) is 26.3 Å². The van der Waals surface area contributed by atoms with Crippen molar-refractivity contribution in [3.63, 3.8) is 0 Å². The molecular weight excluding hydrogens is 296 g/mol. The molecule has 0 aliphatic rings. The highest BCUT2D eigenvalue weighted by Gasteiger charge is 2.01. The Morgan fingerprint density at radius 2 is 2.17 bits per heavy atom. The molecule has 0 fully saturated rings. The average molecular weight is 317 g/mol. The monoisotopic (exact) mass is 316 g/mol. The van der Waals surface area contributed by atoms with Crippen molar-refractivity contribution in [3.8, 4) is 0 Å². The van der Waals surface area contributed by atoms with Gasteiger partial charge in [-0.3, -0.25) is 4.79 Å². The van der Waals surface area contributed by atoms with Crippen molar-refractivity contribution in [1.29, 1.82) is 0 Å². The van der Waals surface area contributed by atoms with E-state index < -0.39 is 0 Å². The van der Waals surface area contributed by atoms with E-state index in [1.165, 1.54) is 0 Å². The topological polar surface area (TPSA) is 43.3 Å². The lowest BCUT2D eigenvalue weighted by Crippen LogP contribution is -2.23. The van der Waals surface area contributed by atoms with Gasteiger partial charge in [0.05, 0.1) is 6.61 Å². The SMILES string of the molecule is COCCNCCCCn1cc(Br)cc(C)c1=O. The molecule has 5 heteroatoms. The maximum Gasteiger partial charge on any atom is 0.253 e. The number of nitrogens with zero attached hydrogens (tertiary/aromatic N) is 1. The summed E-state index contributed by atoms with van der Waals surface area (Å²) in [5.74, 6) is 0. The van der Waals surface area contributed by atoms with Gasteiger partial charge in [-0.05, 0) is 48.3 Å². The van der Waals surface area contributed by atoms with Crippen LogP contribution in [0.4, 0.5) is 0 Å². The lowest BCUT2D eigenvalue weighted by molar-refractivity contribution is 0.199. The van der Waals surface area contributed by atoms with Crippen molar-refractivity contribution in [3.05, 3.63) is 32.7 Å². The van der Waals surface area contributed by atoms with Crippen molar-refractivity contribution >= 4 is 15.9 Å². The highest BCUT2D eigenvalue weighted by atomic mass is 79.9. The van der Waals surface area contributed by atoms with E-state index in [1.54, 1.807) is 11.7 Å². The van der Waals surface area contributed by atoms with E-state index >= 15 is 0 Å². The lowest BCUT2D eigenvalue weighted by atomic mass is 10.2. The Morgan fingerprint density at radius 3 is 2.89 bits per heavy atom. The first-order valence-corrected chi connectivity index (χ1v) is 7.00. The number of nitrogens with one attached hydrogen (secondary N) is 1. The van der Waals surface area contributed by atoms with Gasteiger partial charge in [0.1, 0.15) is 0 Å². The maximum atomic E-state index is 11.8. The van der Waals surface area contributed by atoms with E-state index in [0.29, 0.717) is 0 Å². The van der Waals surface area contributed by atoms with E-state index in [9.17, 15) is 4.79 Å². The van der Waals surface area contributed by atoms with Gasteiger partial charge in [0.25, 0.3) is 5.56 Å².